The van der Waals surface area contributed by atoms with Gasteiger partial charge in [0.15, 0.2) is 10.6 Å². The number of aromatic nitrogens is 1. The Kier molecular flexibility index (Phi) is 5.92. The van der Waals surface area contributed by atoms with Gasteiger partial charge in [0, 0.05) is 11.6 Å². The van der Waals surface area contributed by atoms with Crippen LogP contribution in [0.4, 0.5) is 5.69 Å². The monoisotopic (exact) mass is 525 g/mol. The summed E-state index contributed by atoms with van der Waals surface area (Å²) in [7, 11) is 3.01. The molecule has 2 heterocycles. The SMILES string of the molecule is COc1cccc(C2C3=C(N=c4s/c(=C\c5ccc(OC)c([N+](=O)[O-])c5)c(=O)n42)c2ccccc2CC3)c1. The quantitative estimate of drug-likeness (QED) is 0.287. The van der Waals surface area contributed by atoms with Gasteiger partial charge < -0.3 is 9.47 Å². The Morgan fingerprint density at radius 3 is 2.68 bits per heavy atom. The van der Waals surface area contributed by atoms with Crippen molar-refractivity contribution in [1.29, 1.82) is 0 Å². The van der Waals surface area contributed by atoms with Gasteiger partial charge in [-0.1, -0.05) is 53.8 Å². The van der Waals surface area contributed by atoms with Crippen LogP contribution in [0.2, 0.25) is 0 Å². The molecule has 1 aromatic heterocycles. The third kappa shape index (κ3) is 3.92. The molecular weight excluding hydrogens is 502 g/mol. The summed E-state index contributed by atoms with van der Waals surface area (Å²) in [5.74, 6) is 0.878. The van der Waals surface area contributed by atoms with E-state index in [0.29, 0.717) is 20.6 Å². The van der Waals surface area contributed by atoms with Gasteiger partial charge in [0.1, 0.15) is 5.75 Å². The van der Waals surface area contributed by atoms with Crippen molar-refractivity contribution in [3.8, 4) is 11.5 Å². The zero-order valence-corrected chi connectivity index (χ0v) is 21.5. The molecule has 0 spiro atoms. The second kappa shape index (κ2) is 9.42. The first-order chi connectivity index (χ1) is 18.5. The summed E-state index contributed by atoms with van der Waals surface area (Å²) in [6.07, 6.45) is 3.33. The van der Waals surface area contributed by atoms with Crippen LogP contribution >= 0.6 is 11.3 Å². The molecule has 0 radical (unpaired) electrons. The molecule has 0 saturated carbocycles. The third-order valence-corrected chi connectivity index (χ3v) is 7.96. The first-order valence-electron chi connectivity index (χ1n) is 12.1. The number of thiazole rings is 1. The lowest BCUT2D eigenvalue weighted by Crippen LogP contribution is -2.38. The minimum absolute atomic E-state index is 0.157. The van der Waals surface area contributed by atoms with Crippen LogP contribution in [-0.2, 0) is 6.42 Å². The lowest BCUT2D eigenvalue weighted by Gasteiger charge is -2.31. The van der Waals surface area contributed by atoms with E-state index in [0.717, 1.165) is 35.2 Å². The Morgan fingerprint density at radius 2 is 1.89 bits per heavy atom. The molecule has 2 aliphatic rings. The molecule has 8 nitrogen and oxygen atoms in total. The average molecular weight is 526 g/mol. The van der Waals surface area contributed by atoms with E-state index in [-0.39, 0.29) is 23.0 Å². The van der Waals surface area contributed by atoms with Gasteiger partial charge >= 0.3 is 5.69 Å². The largest absolute Gasteiger partial charge is 0.497 e. The molecule has 0 N–H and O–H groups in total. The highest BCUT2D eigenvalue weighted by atomic mass is 32.1. The lowest BCUT2D eigenvalue weighted by atomic mass is 9.83. The van der Waals surface area contributed by atoms with E-state index < -0.39 is 4.92 Å². The van der Waals surface area contributed by atoms with Crippen LogP contribution in [0.15, 0.2) is 82.1 Å². The molecule has 1 aliphatic carbocycles. The standard InChI is InChI=1S/C29H23N3O5S/c1-36-20-8-5-7-19(16-20)27-22-12-11-18-6-3-4-9-21(18)26(22)30-29-31(27)28(33)25(38-29)15-17-10-13-24(37-2)23(14-17)32(34)35/h3-10,13-16,27H,11-12H2,1-2H3/b25-15-. The molecule has 190 valence electrons. The van der Waals surface area contributed by atoms with Crippen molar-refractivity contribution in [2.24, 2.45) is 4.99 Å². The normalized spacial score (nSPS) is 16.3. The number of hydrogen-bond acceptors (Lipinski definition) is 7. The molecule has 0 fully saturated rings. The second-order valence-corrected chi connectivity index (χ2v) is 10.1. The number of allylic oxidation sites excluding steroid dienone is 1. The molecule has 1 atom stereocenters. The number of ether oxygens (including phenoxy) is 2. The molecule has 38 heavy (non-hydrogen) atoms. The molecule has 0 bridgehead atoms. The maximum atomic E-state index is 13.9. The summed E-state index contributed by atoms with van der Waals surface area (Å²) in [5.41, 5.74) is 5.46. The van der Waals surface area contributed by atoms with Crippen molar-refractivity contribution in [1.82, 2.24) is 4.57 Å². The lowest BCUT2D eigenvalue weighted by molar-refractivity contribution is -0.385. The first kappa shape index (κ1) is 23.9. The summed E-state index contributed by atoms with van der Waals surface area (Å²) in [6, 6.07) is 20.4. The van der Waals surface area contributed by atoms with E-state index in [4.69, 9.17) is 14.5 Å². The smallest absolute Gasteiger partial charge is 0.311 e. The van der Waals surface area contributed by atoms with E-state index >= 15 is 0 Å². The zero-order chi connectivity index (χ0) is 26.4. The number of hydrogen-bond donors (Lipinski definition) is 0. The molecule has 0 amide bonds. The van der Waals surface area contributed by atoms with Crippen LogP contribution in [0, 0.1) is 10.1 Å². The Labute approximate surface area is 221 Å². The topological polar surface area (TPSA) is 96.0 Å². The Balaban J connectivity index is 1.59. The van der Waals surface area contributed by atoms with Crippen LogP contribution in [0.1, 0.15) is 34.7 Å². The van der Waals surface area contributed by atoms with E-state index in [1.54, 1.807) is 23.8 Å². The molecule has 1 aliphatic heterocycles. The van der Waals surface area contributed by atoms with Crippen molar-refractivity contribution >= 4 is 28.8 Å². The maximum absolute atomic E-state index is 13.9. The number of nitro benzene ring substituents is 1. The fourth-order valence-corrected chi connectivity index (χ4v) is 6.23. The van der Waals surface area contributed by atoms with Crippen LogP contribution in [0.5, 0.6) is 11.5 Å². The van der Waals surface area contributed by atoms with Gasteiger partial charge in [-0.05, 0) is 59.4 Å². The summed E-state index contributed by atoms with van der Waals surface area (Å²) < 4.78 is 12.8. The summed E-state index contributed by atoms with van der Waals surface area (Å²) in [4.78, 5) is 30.5. The minimum Gasteiger partial charge on any atom is -0.497 e. The molecule has 4 aromatic rings. The highest BCUT2D eigenvalue weighted by Crippen LogP contribution is 2.41. The van der Waals surface area contributed by atoms with Crippen molar-refractivity contribution in [3.63, 3.8) is 0 Å². The maximum Gasteiger partial charge on any atom is 0.311 e. The first-order valence-corrected chi connectivity index (χ1v) is 12.9. The average Bonchev–Trinajstić information content (AvgIpc) is 3.25. The summed E-state index contributed by atoms with van der Waals surface area (Å²) in [6.45, 7) is 0. The molecular formula is C29H23N3O5S. The summed E-state index contributed by atoms with van der Waals surface area (Å²) >= 11 is 1.28. The van der Waals surface area contributed by atoms with E-state index in [9.17, 15) is 14.9 Å². The van der Waals surface area contributed by atoms with Crippen LogP contribution in [-0.4, -0.2) is 23.7 Å². The molecule has 6 rings (SSSR count). The third-order valence-electron chi connectivity index (χ3n) is 6.98. The van der Waals surface area contributed by atoms with Gasteiger partial charge in [0.2, 0.25) is 0 Å². The van der Waals surface area contributed by atoms with Gasteiger partial charge in [-0.15, -0.1) is 0 Å². The Morgan fingerprint density at radius 1 is 1.05 bits per heavy atom. The van der Waals surface area contributed by atoms with E-state index in [1.165, 1.54) is 36.1 Å². The fourth-order valence-electron chi connectivity index (χ4n) is 5.22. The van der Waals surface area contributed by atoms with Crippen molar-refractivity contribution < 1.29 is 14.4 Å². The van der Waals surface area contributed by atoms with Crippen molar-refractivity contribution in [2.45, 2.75) is 18.9 Å². The number of methoxy groups -OCH3 is 2. The number of fused-ring (bicyclic) bond motifs is 3. The van der Waals surface area contributed by atoms with Crippen molar-refractivity contribution in [3.05, 3.63) is 124 Å². The van der Waals surface area contributed by atoms with E-state index in [2.05, 4.69) is 12.1 Å². The predicted octanol–water partition coefficient (Wildman–Crippen LogP) is 4.24. The van der Waals surface area contributed by atoms with Gasteiger partial charge in [-0.3, -0.25) is 19.5 Å². The number of benzene rings is 3. The van der Waals surface area contributed by atoms with Gasteiger partial charge in [-0.2, -0.15) is 0 Å². The van der Waals surface area contributed by atoms with Crippen LogP contribution < -0.4 is 24.4 Å². The number of nitro groups is 1. The van der Waals surface area contributed by atoms with Crippen LogP contribution in [0.3, 0.4) is 0 Å². The Hall–Kier alpha value is -4.50. The minimum atomic E-state index is -0.494. The molecule has 0 saturated heterocycles. The van der Waals surface area contributed by atoms with Gasteiger partial charge in [0.25, 0.3) is 5.56 Å². The van der Waals surface area contributed by atoms with Crippen LogP contribution in [0.25, 0.3) is 11.8 Å². The molecule has 3 aromatic carbocycles. The van der Waals surface area contributed by atoms with E-state index in [1.807, 2.05) is 36.4 Å². The fraction of sp³-hybridized carbons (Fsp3) is 0.172. The second-order valence-electron chi connectivity index (χ2n) is 9.08. The Bertz CT molecular complexity index is 1820. The molecule has 1 unspecified atom stereocenters. The highest BCUT2D eigenvalue weighted by Gasteiger charge is 2.32. The summed E-state index contributed by atoms with van der Waals surface area (Å²) in [5, 5.41) is 11.5. The van der Waals surface area contributed by atoms with Gasteiger partial charge in [-0.25, -0.2) is 4.99 Å². The zero-order valence-electron chi connectivity index (χ0n) is 20.7. The predicted molar refractivity (Wildman–Crippen MR) is 145 cm³/mol. The highest BCUT2D eigenvalue weighted by molar-refractivity contribution is 7.07. The van der Waals surface area contributed by atoms with Crippen molar-refractivity contribution in [2.75, 3.05) is 14.2 Å². The number of aryl methyl sites for hydroxylation is 1. The van der Waals surface area contributed by atoms with Gasteiger partial charge in [0.05, 0.1) is 35.4 Å². The number of rotatable bonds is 5. The number of nitrogens with zero attached hydrogens (tertiary/aromatic N) is 3. The molecule has 9 heteroatoms.